The molecule has 0 aliphatic heterocycles. The van der Waals surface area contributed by atoms with Gasteiger partial charge >= 0.3 is 87.9 Å². The van der Waals surface area contributed by atoms with Crippen LogP contribution >= 0.6 is 0 Å². The number of rotatable bonds is 1. The zero-order valence-corrected chi connectivity index (χ0v) is 9.29. The van der Waals surface area contributed by atoms with Crippen molar-refractivity contribution in [1.29, 1.82) is 0 Å². The molecule has 0 amide bonds. The number of aromatic nitrogens is 1. The molecule has 1 nitrogen and oxygen atoms in total. The molecule has 0 saturated heterocycles. The summed E-state index contributed by atoms with van der Waals surface area (Å²) in [5.74, 6) is 0. The van der Waals surface area contributed by atoms with Gasteiger partial charge in [0, 0.05) is 0 Å². The van der Waals surface area contributed by atoms with Gasteiger partial charge in [0.2, 0.25) is 0 Å². The van der Waals surface area contributed by atoms with E-state index in [1.807, 2.05) is 49.4 Å². The van der Waals surface area contributed by atoms with E-state index in [2.05, 4.69) is 23.2 Å². The van der Waals surface area contributed by atoms with Crippen molar-refractivity contribution < 1.29 is 18.9 Å². The Morgan fingerprint density at radius 2 is 1.69 bits per heavy atom. The Hall–Kier alpha value is -0.981. The first-order chi connectivity index (χ1) is 6.38. The van der Waals surface area contributed by atoms with Crippen molar-refractivity contribution in [1.82, 2.24) is 4.98 Å². The average Bonchev–Trinajstić information content (AvgIpc) is 2.20. The Morgan fingerprint density at radius 3 is 2.38 bits per heavy atom. The quantitative estimate of drug-likeness (QED) is 0.769. The summed E-state index contributed by atoms with van der Waals surface area (Å²) in [6, 6.07) is 14.4. The summed E-state index contributed by atoms with van der Waals surface area (Å²) in [6.07, 6.45) is 1.82. The van der Waals surface area contributed by atoms with Gasteiger partial charge in [-0.15, -0.1) is 0 Å². The van der Waals surface area contributed by atoms with E-state index in [9.17, 15) is 0 Å². The Balaban J connectivity index is 2.54. The van der Waals surface area contributed by atoms with E-state index in [0.29, 0.717) is 0 Å². The van der Waals surface area contributed by atoms with E-state index < -0.39 is 0 Å². The van der Waals surface area contributed by atoms with Crippen molar-refractivity contribution in [3.63, 3.8) is 0 Å². The minimum absolute atomic E-state index is 1.08. The Labute approximate surface area is 88.0 Å². The van der Waals surface area contributed by atoms with Gasteiger partial charge in [0.15, 0.2) is 0 Å². The van der Waals surface area contributed by atoms with E-state index in [4.69, 9.17) is 0 Å². The molecular weight excluding hydrogens is 338 g/mol. The summed E-state index contributed by atoms with van der Waals surface area (Å²) >= 11 is 2.03. The molecule has 0 fully saturated rings. The molecule has 0 N–H and O–H groups in total. The van der Waals surface area contributed by atoms with Crippen LogP contribution in [0.2, 0.25) is 0 Å². The summed E-state index contributed by atoms with van der Waals surface area (Å²) in [7, 11) is 0. The molecule has 2 aromatic rings. The van der Waals surface area contributed by atoms with E-state index in [1.54, 1.807) is 0 Å². The normalized spacial score (nSPS) is 10.0. The van der Waals surface area contributed by atoms with Gasteiger partial charge in [-0.2, -0.15) is 0 Å². The topological polar surface area (TPSA) is 12.9 Å². The van der Waals surface area contributed by atoms with Crippen molar-refractivity contribution in [2.24, 2.45) is 0 Å². The maximum absolute atomic E-state index is 4.26. The zero-order chi connectivity index (χ0) is 9.10. The number of hydrogen-bond donors (Lipinski definition) is 0. The molecule has 66 valence electrons. The monoisotopic (exact) mass is 347 g/mol. The number of nitrogens with zero attached hydrogens (tertiary/aromatic N) is 1. The van der Waals surface area contributed by atoms with Crippen molar-refractivity contribution in [2.45, 2.75) is 0 Å². The summed E-state index contributed by atoms with van der Waals surface area (Å²) in [4.78, 5) is 4.26. The summed E-state index contributed by atoms with van der Waals surface area (Å²) in [6.45, 7) is 0. The zero-order valence-electron chi connectivity index (χ0n) is 6.90. The van der Waals surface area contributed by atoms with Crippen LogP contribution in [0, 0.1) is 0 Å². The van der Waals surface area contributed by atoms with Gasteiger partial charge in [0.1, 0.15) is 0 Å². The summed E-state index contributed by atoms with van der Waals surface area (Å²) in [5.41, 5.74) is 2.44. The molecule has 2 heteroatoms. The Morgan fingerprint density at radius 1 is 0.923 bits per heavy atom. The SMILES string of the molecule is [Ir][c]1ncccc1-c1ccccc1. The van der Waals surface area contributed by atoms with Crippen molar-refractivity contribution in [3.05, 3.63) is 48.7 Å². The van der Waals surface area contributed by atoms with Crippen LogP contribution in [0.4, 0.5) is 0 Å². The van der Waals surface area contributed by atoms with E-state index >= 15 is 0 Å². The van der Waals surface area contributed by atoms with Crippen LogP contribution in [0.1, 0.15) is 0 Å². The fourth-order valence-corrected chi connectivity index (χ4v) is 1.93. The third kappa shape index (κ3) is 1.85. The molecule has 0 atom stereocenters. The van der Waals surface area contributed by atoms with E-state index in [0.717, 1.165) is 4.21 Å². The number of pyridine rings is 1. The van der Waals surface area contributed by atoms with Gasteiger partial charge < -0.3 is 0 Å². The van der Waals surface area contributed by atoms with Crippen LogP contribution < -0.4 is 4.21 Å². The van der Waals surface area contributed by atoms with Gasteiger partial charge in [-0.25, -0.2) is 0 Å². The van der Waals surface area contributed by atoms with Crippen molar-refractivity contribution in [3.8, 4) is 11.1 Å². The van der Waals surface area contributed by atoms with E-state index in [-0.39, 0.29) is 0 Å². The molecule has 0 aliphatic rings. The molecule has 1 aromatic heterocycles. The van der Waals surface area contributed by atoms with Gasteiger partial charge in [0.25, 0.3) is 0 Å². The third-order valence-electron chi connectivity index (χ3n) is 1.83. The van der Waals surface area contributed by atoms with Gasteiger partial charge in [-0.05, 0) is 0 Å². The molecule has 0 unspecified atom stereocenters. The second kappa shape index (κ2) is 3.82. The van der Waals surface area contributed by atoms with Crippen LogP contribution in [0.25, 0.3) is 11.1 Å². The summed E-state index contributed by atoms with van der Waals surface area (Å²) < 4.78 is 1.08. The van der Waals surface area contributed by atoms with Crippen LogP contribution in [-0.4, -0.2) is 4.98 Å². The minimum atomic E-state index is 1.08. The molecule has 1 aromatic carbocycles. The first-order valence-electron chi connectivity index (χ1n) is 4.01. The molecule has 0 saturated carbocycles. The van der Waals surface area contributed by atoms with Crippen LogP contribution in [0.15, 0.2) is 48.7 Å². The molecule has 0 bridgehead atoms. The second-order valence-electron chi connectivity index (χ2n) is 2.69. The number of benzene rings is 1. The van der Waals surface area contributed by atoms with E-state index in [1.165, 1.54) is 11.1 Å². The molecule has 0 aliphatic carbocycles. The van der Waals surface area contributed by atoms with Gasteiger partial charge in [0.05, 0.1) is 0 Å². The van der Waals surface area contributed by atoms with Gasteiger partial charge in [-0.1, -0.05) is 0 Å². The standard InChI is InChI=1S/C11H8N.Ir/c1-2-5-10(6-3-1)11-7-4-8-12-9-11;/h1-8H;. The number of hydrogen-bond acceptors (Lipinski definition) is 1. The fourth-order valence-electron chi connectivity index (χ4n) is 1.21. The third-order valence-corrected chi connectivity index (χ3v) is 2.78. The molecule has 1 heterocycles. The first kappa shape index (κ1) is 8.61. The molecule has 13 heavy (non-hydrogen) atoms. The predicted octanol–water partition coefficient (Wildman–Crippen LogP) is 1.92. The molecule has 0 radical (unpaired) electrons. The van der Waals surface area contributed by atoms with Crippen LogP contribution in [-0.2, 0) is 18.9 Å². The Kier molecular flexibility index (Phi) is 2.53. The van der Waals surface area contributed by atoms with Crippen molar-refractivity contribution >= 4 is 4.21 Å². The predicted molar refractivity (Wildman–Crippen MR) is 49.3 cm³/mol. The fraction of sp³-hybridized carbons (Fsp3) is 0. The molecule has 2 rings (SSSR count). The van der Waals surface area contributed by atoms with Gasteiger partial charge in [-0.3, -0.25) is 0 Å². The molecule has 0 spiro atoms. The molecular formula is C11H8IrN. The summed E-state index contributed by atoms with van der Waals surface area (Å²) in [5, 5.41) is 0. The van der Waals surface area contributed by atoms with Crippen molar-refractivity contribution in [2.75, 3.05) is 0 Å². The average molecular weight is 346 g/mol. The van der Waals surface area contributed by atoms with Crippen LogP contribution in [0.5, 0.6) is 0 Å². The van der Waals surface area contributed by atoms with Crippen LogP contribution in [0.3, 0.4) is 0 Å². The first-order valence-corrected chi connectivity index (χ1v) is 5.21. The Bertz CT molecular complexity index is 398. The maximum atomic E-state index is 4.26. The second-order valence-corrected chi connectivity index (χ2v) is 3.82.